The van der Waals surface area contributed by atoms with Gasteiger partial charge in [0.2, 0.25) is 5.95 Å². The monoisotopic (exact) mass is 411 g/mol. The minimum absolute atomic E-state index is 0.000687. The molecule has 7 heteroatoms. The fraction of sp³-hybridized carbons (Fsp3) is 0.125. The van der Waals surface area contributed by atoms with Crippen LogP contribution in [0.25, 0.3) is 22.0 Å². The van der Waals surface area contributed by atoms with Crippen LogP contribution in [0.15, 0.2) is 60.7 Å². The Labute approximate surface area is 179 Å². The van der Waals surface area contributed by atoms with E-state index in [4.69, 9.17) is 20.9 Å². The number of nitrogens with two attached hydrogens (primary N) is 2. The zero-order valence-electron chi connectivity index (χ0n) is 17.0. The second-order valence-corrected chi connectivity index (χ2v) is 6.82. The maximum absolute atomic E-state index is 9.47. The Morgan fingerprint density at radius 3 is 2.55 bits per heavy atom. The number of ether oxygens (including phenoxy) is 2. The van der Waals surface area contributed by atoms with Gasteiger partial charge in [-0.15, -0.1) is 0 Å². The van der Waals surface area contributed by atoms with Crippen LogP contribution in [-0.2, 0) is 6.61 Å². The second kappa shape index (κ2) is 8.59. The number of nitriles is 1. The highest BCUT2D eigenvalue weighted by Gasteiger charge is 2.16. The summed E-state index contributed by atoms with van der Waals surface area (Å²) < 4.78 is 11.9. The van der Waals surface area contributed by atoms with Crippen molar-refractivity contribution >= 4 is 22.5 Å². The van der Waals surface area contributed by atoms with Gasteiger partial charge in [-0.25, -0.2) is 4.98 Å². The fourth-order valence-corrected chi connectivity index (χ4v) is 3.43. The predicted octanol–water partition coefficient (Wildman–Crippen LogP) is 4.31. The van der Waals surface area contributed by atoms with E-state index in [1.165, 1.54) is 0 Å². The van der Waals surface area contributed by atoms with E-state index < -0.39 is 0 Å². The number of nitrogen functional groups attached to an aromatic ring is 2. The molecule has 0 radical (unpaired) electrons. The number of hydrogen-bond acceptors (Lipinski definition) is 7. The van der Waals surface area contributed by atoms with E-state index in [1.807, 2.05) is 37.3 Å². The maximum Gasteiger partial charge on any atom is 0.222 e. The van der Waals surface area contributed by atoms with Gasteiger partial charge in [-0.3, -0.25) is 0 Å². The van der Waals surface area contributed by atoms with Crippen LogP contribution in [0.4, 0.5) is 11.8 Å². The Hall–Kier alpha value is -4.31. The molecule has 3 aromatic carbocycles. The fourth-order valence-electron chi connectivity index (χ4n) is 3.43. The van der Waals surface area contributed by atoms with Crippen molar-refractivity contribution in [2.24, 2.45) is 0 Å². The van der Waals surface area contributed by atoms with Gasteiger partial charge in [0, 0.05) is 5.56 Å². The number of nitrogens with zero attached hydrogens (tertiary/aromatic N) is 3. The average molecular weight is 411 g/mol. The molecule has 4 N–H and O–H groups in total. The normalized spacial score (nSPS) is 10.6. The van der Waals surface area contributed by atoms with Crippen LogP contribution < -0.4 is 20.9 Å². The summed E-state index contributed by atoms with van der Waals surface area (Å²) in [5.74, 6) is 1.17. The first-order valence-electron chi connectivity index (χ1n) is 9.80. The smallest absolute Gasteiger partial charge is 0.222 e. The molecule has 31 heavy (non-hydrogen) atoms. The van der Waals surface area contributed by atoms with Gasteiger partial charge >= 0.3 is 0 Å². The highest BCUT2D eigenvalue weighted by atomic mass is 16.5. The van der Waals surface area contributed by atoms with Crippen LogP contribution in [-0.4, -0.2) is 16.6 Å². The maximum atomic E-state index is 9.47. The summed E-state index contributed by atoms with van der Waals surface area (Å²) in [6.07, 6.45) is 0. The summed E-state index contributed by atoms with van der Waals surface area (Å²) in [5.41, 5.74) is 13.8. The second-order valence-electron chi connectivity index (χ2n) is 6.82. The van der Waals surface area contributed by atoms with Gasteiger partial charge in [-0.05, 0) is 41.5 Å². The van der Waals surface area contributed by atoms with Crippen molar-refractivity contribution in [1.29, 1.82) is 5.26 Å². The first-order valence-corrected chi connectivity index (χ1v) is 9.80. The summed E-state index contributed by atoms with van der Waals surface area (Å²) in [6.45, 7) is 2.73. The van der Waals surface area contributed by atoms with Crippen LogP contribution >= 0.6 is 0 Å². The average Bonchev–Trinajstić information content (AvgIpc) is 2.78. The molecule has 0 amide bonds. The molecule has 1 heterocycles. The van der Waals surface area contributed by atoms with Gasteiger partial charge < -0.3 is 20.9 Å². The van der Waals surface area contributed by atoms with Gasteiger partial charge in [0.15, 0.2) is 11.5 Å². The molecule has 0 aliphatic heterocycles. The van der Waals surface area contributed by atoms with Crippen LogP contribution in [0.1, 0.15) is 18.1 Å². The molecular formula is C24H21N5O2. The van der Waals surface area contributed by atoms with E-state index in [9.17, 15) is 5.26 Å². The van der Waals surface area contributed by atoms with Crippen molar-refractivity contribution in [2.75, 3.05) is 18.1 Å². The van der Waals surface area contributed by atoms with Gasteiger partial charge in [0.25, 0.3) is 0 Å². The van der Waals surface area contributed by atoms with Gasteiger partial charge in [-0.1, -0.05) is 42.5 Å². The molecule has 0 saturated carbocycles. The van der Waals surface area contributed by atoms with E-state index in [2.05, 4.69) is 28.2 Å². The van der Waals surface area contributed by atoms with E-state index in [1.54, 1.807) is 18.2 Å². The quantitative estimate of drug-likeness (QED) is 0.485. The lowest BCUT2D eigenvalue weighted by Gasteiger charge is -2.15. The summed E-state index contributed by atoms with van der Waals surface area (Å²) >= 11 is 0. The van der Waals surface area contributed by atoms with Gasteiger partial charge in [0.05, 0.1) is 12.3 Å². The molecule has 0 fully saturated rings. The Morgan fingerprint density at radius 1 is 0.935 bits per heavy atom. The van der Waals surface area contributed by atoms with Gasteiger partial charge in [-0.2, -0.15) is 10.2 Å². The number of fused-ring (bicyclic) bond motifs is 1. The molecule has 4 rings (SSSR count). The molecule has 0 saturated heterocycles. The number of hydrogen-bond donors (Lipinski definition) is 2. The number of aromatic nitrogens is 2. The molecule has 0 atom stereocenters. The lowest BCUT2D eigenvalue weighted by atomic mass is 10.1. The van der Waals surface area contributed by atoms with Gasteiger partial charge in [0.1, 0.15) is 24.1 Å². The molecule has 154 valence electrons. The van der Waals surface area contributed by atoms with Crippen LogP contribution in [0, 0.1) is 11.3 Å². The Kier molecular flexibility index (Phi) is 5.54. The van der Waals surface area contributed by atoms with Crippen molar-refractivity contribution in [1.82, 2.24) is 9.97 Å². The van der Waals surface area contributed by atoms with E-state index >= 15 is 0 Å². The van der Waals surface area contributed by atoms with Crippen molar-refractivity contribution in [3.05, 3.63) is 71.8 Å². The lowest BCUT2D eigenvalue weighted by molar-refractivity contribution is 0.270. The molecule has 0 bridgehead atoms. The SMILES string of the molecule is CCOc1cc(-c2nc(N)nc(N)c2C#N)ccc1OCc1cccc2ccccc12. The first kappa shape index (κ1) is 20.0. The largest absolute Gasteiger partial charge is 0.490 e. The predicted molar refractivity (Wildman–Crippen MR) is 120 cm³/mol. The first-order chi connectivity index (χ1) is 15.1. The Morgan fingerprint density at radius 2 is 1.74 bits per heavy atom. The molecular weight excluding hydrogens is 390 g/mol. The minimum Gasteiger partial charge on any atom is -0.490 e. The van der Waals surface area contributed by atoms with Crippen LogP contribution in [0.3, 0.4) is 0 Å². The van der Waals surface area contributed by atoms with Crippen molar-refractivity contribution in [3.63, 3.8) is 0 Å². The highest BCUT2D eigenvalue weighted by molar-refractivity contribution is 5.85. The number of rotatable bonds is 6. The third kappa shape index (κ3) is 4.05. The number of benzene rings is 3. The summed E-state index contributed by atoms with van der Waals surface area (Å²) in [4.78, 5) is 8.06. The molecule has 0 aliphatic rings. The van der Waals surface area contributed by atoms with Crippen LogP contribution in [0.2, 0.25) is 0 Å². The summed E-state index contributed by atoms with van der Waals surface area (Å²) in [6, 6.07) is 21.7. The third-order valence-corrected chi connectivity index (χ3v) is 4.85. The molecule has 7 nitrogen and oxygen atoms in total. The zero-order valence-corrected chi connectivity index (χ0v) is 17.0. The highest BCUT2D eigenvalue weighted by Crippen LogP contribution is 2.35. The Bertz CT molecular complexity index is 1290. The van der Waals surface area contributed by atoms with Crippen molar-refractivity contribution in [3.8, 4) is 28.8 Å². The molecule has 0 aliphatic carbocycles. The standard InChI is InChI=1S/C24H21N5O2/c1-2-30-21-12-16(22-19(13-25)23(26)29-24(27)28-22)10-11-20(21)31-14-17-8-5-7-15-6-3-4-9-18(15)17/h3-12H,2,14H2,1H3,(H4,26,27,28,29). The van der Waals surface area contributed by atoms with Crippen molar-refractivity contribution in [2.45, 2.75) is 13.5 Å². The Balaban J connectivity index is 1.68. The van der Waals surface area contributed by atoms with Crippen molar-refractivity contribution < 1.29 is 9.47 Å². The van der Waals surface area contributed by atoms with E-state index in [-0.39, 0.29) is 17.3 Å². The number of anilines is 2. The van der Waals surface area contributed by atoms with E-state index in [0.717, 1.165) is 16.3 Å². The zero-order chi connectivity index (χ0) is 21.8. The topological polar surface area (TPSA) is 120 Å². The third-order valence-electron chi connectivity index (χ3n) is 4.85. The molecule has 0 unspecified atom stereocenters. The summed E-state index contributed by atoms with van der Waals surface area (Å²) in [7, 11) is 0. The molecule has 4 aromatic rings. The molecule has 1 aromatic heterocycles. The summed E-state index contributed by atoms with van der Waals surface area (Å²) in [5, 5.41) is 11.8. The minimum atomic E-state index is 0.000687. The lowest BCUT2D eigenvalue weighted by Crippen LogP contribution is -2.05. The van der Waals surface area contributed by atoms with E-state index in [0.29, 0.717) is 36.0 Å². The van der Waals surface area contributed by atoms with Crippen LogP contribution in [0.5, 0.6) is 11.5 Å². The molecule has 0 spiro atoms.